The zero-order valence-corrected chi connectivity index (χ0v) is 15.6. The molecule has 0 radical (unpaired) electrons. The van der Waals surface area contributed by atoms with Crippen LogP contribution in [0.4, 0.5) is 13.2 Å². The lowest BCUT2D eigenvalue weighted by Gasteiger charge is -2.33. The lowest BCUT2D eigenvalue weighted by molar-refractivity contribution is -0.274. The summed E-state index contributed by atoms with van der Waals surface area (Å²) in [6, 6.07) is 4.02. The van der Waals surface area contributed by atoms with Crippen LogP contribution in [0.15, 0.2) is 29.2 Å². The number of piperazine rings is 1. The van der Waals surface area contributed by atoms with E-state index in [1.165, 1.54) is 4.31 Å². The van der Waals surface area contributed by atoms with E-state index in [0.717, 1.165) is 30.5 Å². The lowest BCUT2D eigenvalue weighted by Crippen LogP contribution is -2.49. The second-order valence-electron chi connectivity index (χ2n) is 5.89. The minimum Gasteiger partial charge on any atom is -0.406 e. The van der Waals surface area contributed by atoms with Gasteiger partial charge in [-0.3, -0.25) is 4.90 Å². The zero-order chi connectivity index (χ0) is 19.6. The second kappa shape index (κ2) is 7.71. The van der Waals surface area contributed by atoms with E-state index in [-0.39, 0.29) is 23.7 Å². The summed E-state index contributed by atoms with van der Waals surface area (Å²) in [7, 11) is -6.93. The lowest BCUT2D eigenvalue weighted by atomic mass is 10.3. The van der Waals surface area contributed by atoms with Gasteiger partial charge in [-0.15, -0.1) is 13.2 Å². The van der Waals surface area contributed by atoms with Crippen LogP contribution < -0.4 is 4.74 Å². The Morgan fingerprint density at radius 2 is 1.54 bits per heavy atom. The zero-order valence-electron chi connectivity index (χ0n) is 13.9. The summed E-state index contributed by atoms with van der Waals surface area (Å²) in [4.78, 5) is 1.73. The molecule has 2 rings (SSSR count). The first-order valence-electron chi connectivity index (χ1n) is 7.63. The van der Waals surface area contributed by atoms with Gasteiger partial charge in [0.05, 0.1) is 10.6 Å². The van der Waals surface area contributed by atoms with Crippen molar-refractivity contribution in [1.29, 1.82) is 0 Å². The Balaban J connectivity index is 1.98. The number of nitrogens with zero attached hydrogens (tertiary/aromatic N) is 2. The van der Waals surface area contributed by atoms with Gasteiger partial charge in [0, 0.05) is 39.0 Å². The SMILES string of the molecule is CS(=O)(=O)CCN1CCN(S(=O)(=O)c2ccc(OC(F)(F)F)cc2)CC1. The van der Waals surface area contributed by atoms with Crippen molar-refractivity contribution in [3.63, 3.8) is 0 Å². The molecule has 12 heteroatoms. The molecule has 148 valence electrons. The van der Waals surface area contributed by atoms with Gasteiger partial charge in [-0.25, -0.2) is 16.8 Å². The van der Waals surface area contributed by atoms with Crippen molar-refractivity contribution in [2.45, 2.75) is 11.3 Å². The fourth-order valence-corrected chi connectivity index (χ4v) is 4.46. The summed E-state index contributed by atoms with van der Waals surface area (Å²) in [5, 5.41) is 0. The van der Waals surface area contributed by atoms with E-state index >= 15 is 0 Å². The highest BCUT2D eigenvalue weighted by Gasteiger charge is 2.32. The van der Waals surface area contributed by atoms with Gasteiger partial charge >= 0.3 is 6.36 Å². The van der Waals surface area contributed by atoms with Gasteiger partial charge in [-0.1, -0.05) is 0 Å². The van der Waals surface area contributed by atoms with Crippen molar-refractivity contribution >= 4 is 19.9 Å². The molecule has 26 heavy (non-hydrogen) atoms. The molecule has 1 heterocycles. The Morgan fingerprint density at radius 1 is 1.00 bits per heavy atom. The van der Waals surface area contributed by atoms with Crippen LogP contribution in [0, 0.1) is 0 Å². The first-order valence-corrected chi connectivity index (χ1v) is 11.1. The highest BCUT2D eigenvalue weighted by Crippen LogP contribution is 2.25. The van der Waals surface area contributed by atoms with E-state index in [0.29, 0.717) is 19.6 Å². The maximum Gasteiger partial charge on any atom is 0.573 e. The van der Waals surface area contributed by atoms with Crippen LogP contribution in [0.1, 0.15) is 0 Å². The van der Waals surface area contributed by atoms with E-state index in [1.54, 1.807) is 0 Å². The molecule has 0 unspecified atom stereocenters. The number of sulfone groups is 1. The highest BCUT2D eigenvalue weighted by atomic mass is 32.2. The molecule has 1 fully saturated rings. The van der Waals surface area contributed by atoms with Gasteiger partial charge in [0.25, 0.3) is 0 Å². The summed E-state index contributed by atoms with van der Waals surface area (Å²) >= 11 is 0. The third-order valence-electron chi connectivity index (χ3n) is 3.80. The van der Waals surface area contributed by atoms with Gasteiger partial charge in [0.2, 0.25) is 10.0 Å². The number of alkyl halides is 3. The van der Waals surface area contributed by atoms with Crippen molar-refractivity contribution in [2.75, 3.05) is 44.7 Å². The van der Waals surface area contributed by atoms with E-state index in [1.807, 2.05) is 4.90 Å². The number of sulfonamides is 1. The van der Waals surface area contributed by atoms with Gasteiger partial charge < -0.3 is 4.74 Å². The quantitative estimate of drug-likeness (QED) is 0.686. The molecule has 1 aliphatic rings. The van der Waals surface area contributed by atoms with Crippen molar-refractivity contribution in [2.24, 2.45) is 0 Å². The van der Waals surface area contributed by atoms with Gasteiger partial charge in [-0.2, -0.15) is 4.31 Å². The van der Waals surface area contributed by atoms with Gasteiger partial charge in [-0.05, 0) is 24.3 Å². The maximum atomic E-state index is 12.6. The predicted octanol–water partition coefficient (Wildman–Crippen LogP) is 0.936. The smallest absolute Gasteiger partial charge is 0.406 e. The Bertz CT molecular complexity index is 815. The normalized spacial score (nSPS) is 18.0. The minimum atomic E-state index is -4.84. The number of hydrogen-bond acceptors (Lipinski definition) is 6. The van der Waals surface area contributed by atoms with E-state index < -0.39 is 32.0 Å². The number of hydrogen-bond donors (Lipinski definition) is 0. The average Bonchev–Trinajstić information content (AvgIpc) is 2.52. The molecule has 1 aromatic carbocycles. The van der Waals surface area contributed by atoms with Crippen LogP contribution in [0.25, 0.3) is 0 Å². The van der Waals surface area contributed by atoms with Gasteiger partial charge in [0.15, 0.2) is 0 Å². The third kappa shape index (κ3) is 6.11. The van der Waals surface area contributed by atoms with Crippen LogP contribution in [0.3, 0.4) is 0 Å². The second-order valence-corrected chi connectivity index (χ2v) is 10.1. The van der Waals surface area contributed by atoms with E-state index in [2.05, 4.69) is 4.74 Å². The van der Waals surface area contributed by atoms with Crippen molar-refractivity contribution < 1.29 is 34.7 Å². The molecular weight excluding hydrogens is 397 g/mol. The highest BCUT2D eigenvalue weighted by molar-refractivity contribution is 7.90. The fraction of sp³-hybridized carbons (Fsp3) is 0.571. The molecular formula is C14H19F3N2O5S2. The molecule has 1 aromatic rings. The Kier molecular flexibility index (Phi) is 6.20. The molecule has 0 bridgehead atoms. The summed E-state index contributed by atoms with van der Waals surface area (Å²) in [5.74, 6) is -0.498. The molecule has 7 nitrogen and oxygen atoms in total. The average molecular weight is 416 g/mol. The Morgan fingerprint density at radius 3 is 2.00 bits per heavy atom. The summed E-state index contributed by atoms with van der Waals surface area (Å²) in [5.41, 5.74) is 0. The van der Waals surface area contributed by atoms with Crippen LogP contribution in [0.5, 0.6) is 5.75 Å². The fourth-order valence-electron chi connectivity index (χ4n) is 2.45. The first-order chi connectivity index (χ1) is 11.9. The maximum absolute atomic E-state index is 12.6. The monoisotopic (exact) mass is 416 g/mol. The van der Waals surface area contributed by atoms with Crippen molar-refractivity contribution in [1.82, 2.24) is 9.21 Å². The molecule has 0 amide bonds. The first kappa shape index (κ1) is 20.9. The number of halogens is 3. The van der Waals surface area contributed by atoms with Crippen LogP contribution in [-0.2, 0) is 19.9 Å². The van der Waals surface area contributed by atoms with Crippen molar-refractivity contribution in [3.8, 4) is 5.75 Å². The van der Waals surface area contributed by atoms with Crippen molar-refractivity contribution in [3.05, 3.63) is 24.3 Å². The molecule has 0 aromatic heterocycles. The van der Waals surface area contributed by atoms with E-state index in [4.69, 9.17) is 0 Å². The largest absolute Gasteiger partial charge is 0.573 e. The van der Waals surface area contributed by atoms with Crippen LogP contribution in [0.2, 0.25) is 0 Å². The molecule has 0 spiro atoms. The minimum absolute atomic E-state index is 0.000414. The number of ether oxygens (including phenoxy) is 1. The molecule has 0 saturated carbocycles. The standard InChI is InChI=1S/C14H19F3N2O5S2/c1-25(20,21)11-10-18-6-8-19(9-7-18)26(22,23)13-4-2-12(3-5-13)24-14(15,16)17/h2-5H,6-11H2,1H3. The summed E-state index contributed by atoms with van der Waals surface area (Å²) in [6.45, 7) is 1.43. The molecule has 0 N–H and O–H groups in total. The van der Waals surface area contributed by atoms with E-state index in [9.17, 15) is 30.0 Å². The molecule has 1 aliphatic heterocycles. The number of rotatable bonds is 6. The Hall–Kier alpha value is -1.37. The van der Waals surface area contributed by atoms with Crippen LogP contribution >= 0.6 is 0 Å². The number of benzene rings is 1. The molecule has 0 aliphatic carbocycles. The van der Waals surface area contributed by atoms with Gasteiger partial charge in [0.1, 0.15) is 15.6 Å². The van der Waals surface area contributed by atoms with Crippen LogP contribution in [-0.4, -0.2) is 77.1 Å². The Labute approximate surface area is 150 Å². The molecule has 1 saturated heterocycles. The predicted molar refractivity (Wildman–Crippen MR) is 88.0 cm³/mol. The molecule has 0 atom stereocenters. The summed E-state index contributed by atoms with van der Waals surface area (Å²) in [6.07, 6.45) is -3.71. The third-order valence-corrected chi connectivity index (χ3v) is 6.64. The topological polar surface area (TPSA) is 84.0 Å². The summed E-state index contributed by atoms with van der Waals surface area (Å²) < 4.78 is 88.9.